The molecule has 11 rings (SSSR count). The van der Waals surface area contributed by atoms with Crippen LogP contribution in [0.1, 0.15) is 11.0 Å². The Labute approximate surface area is 334 Å². The zero-order valence-corrected chi connectivity index (χ0v) is 29.6. The molecule has 0 bridgehead atoms. The first-order chi connectivity index (χ1) is 31.1. The first-order valence-corrected chi connectivity index (χ1v) is 18.1. The number of benzene rings is 8. The van der Waals surface area contributed by atoms with Crippen molar-refractivity contribution < 1.29 is 15.4 Å². The lowest BCUT2D eigenvalue weighted by molar-refractivity contribution is 0.670. The summed E-state index contributed by atoms with van der Waals surface area (Å²) in [6.07, 6.45) is 0. The number of rotatable bonds is 6. The van der Waals surface area contributed by atoms with Crippen LogP contribution in [-0.4, -0.2) is 19.5 Å². The number of aromatic nitrogens is 4. The summed E-state index contributed by atoms with van der Waals surface area (Å²) in [7, 11) is 0. The van der Waals surface area contributed by atoms with Gasteiger partial charge in [0.15, 0.2) is 17.5 Å². The van der Waals surface area contributed by atoms with E-state index in [1.165, 1.54) is 4.57 Å². The topological polar surface area (TPSA) is 56.7 Å². The Morgan fingerprint density at radius 3 is 1.77 bits per heavy atom. The summed E-state index contributed by atoms with van der Waals surface area (Å²) in [5.41, 5.74) is 6.92. The second kappa shape index (κ2) is 13.0. The van der Waals surface area contributed by atoms with Crippen molar-refractivity contribution in [1.82, 2.24) is 19.5 Å². The van der Waals surface area contributed by atoms with Crippen LogP contribution >= 0.6 is 0 Å². The molecule has 0 aliphatic heterocycles. The van der Waals surface area contributed by atoms with E-state index in [0.29, 0.717) is 39.6 Å². The molecule has 3 heterocycles. The predicted molar refractivity (Wildman–Crippen MR) is 229 cm³/mol. The Hall–Kier alpha value is -7.63. The Morgan fingerprint density at radius 2 is 1.00 bits per heavy atom. The van der Waals surface area contributed by atoms with Gasteiger partial charge in [-0.25, -0.2) is 15.0 Å². The van der Waals surface area contributed by atoms with Crippen LogP contribution in [-0.2, 0) is 0 Å². The molecule has 0 N–H and O–H groups in total. The quantitative estimate of drug-likeness (QED) is 0.171. The van der Waals surface area contributed by atoms with Gasteiger partial charge in [0.25, 0.3) is 0 Å². The van der Waals surface area contributed by atoms with Crippen molar-refractivity contribution in [3.8, 4) is 62.1 Å². The zero-order chi connectivity index (χ0) is 44.0. The highest BCUT2D eigenvalue weighted by atomic mass is 16.3. The van der Waals surface area contributed by atoms with Crippen LogP contribution in [0.15, 0.2) is 198 Å². The van der Waals surface area contributed by atoms with E-state index in [0.717, 1.165) is 38.6 Å². The molecule has 8 aromatic carbocycles. The van der Waals surface area contributed by atoms with Crippen molar-refractivity contribution in [2.24, 2.45) is 0 Å². The summed E-state index contributed by atoms with van der Waals surface area (Å²) >= 11 is 0. The minimum Gasteiger partial charge on any atom is -0.455 e. The van der Waals surface area contributed by atoms with Crippen molar-refractivity contribution in [3.63, 3.8) is 0 Å². The van der Waals surface area contributed by atoms with Crippen molar-refractivity contribution in [2.45, 2.75) is 0 Å². The van der Waals surface area contributed by atoms with Crippen LogP contribution in [0.2, 0.25) is 0 Å². The molecule has 11 aromatic rings. The molecule has 0 saturated heterocycles. The lowest BCUT2D eigenvalue weighted by Gasteiger charge is -2.16. The maximum absolute atomic E-state index is 9.29. The molecule has 262 valence electrons. The molecule has 0 fully saturated rings. The average molecular weight is 725 g/mol. The van der Waals surface area contributed by atoms with Crippen LogP contribution in [0.25, 0.3) is 106 Å². The van der Waals surface area contributed by atoms with Gasteiger partial charge in [-0.2, -0.15) is 0 Å². The molecule has 0 unspecified atom stereocenters. The highest BCUT2D eigenvalue weighted by Gasteiger charge is 2.21. The van der Waals surface area contributed by atoms with Crippen molar-refractivity contribution >= 4 is 43.7 Å². The van der Waals surface area contributed by atoms with Crippen LogP contribution in [0, 0.1) is 0 Å². The van der Waals surface area contributed by atoms with Crippen LogP contribution < -0.4 is 0 Å². The van der Waals surface area contributed by atoms with Crippen LogP contribution in [0.4, 0.5) is 0 Å². The van der Waals surface area contributed by atoms with Gasteiger partial charge >= 0.3 is 0 Å². The van der Waals surface area contributed by atoms with E-state index < -0.39 is 48.3 Å². The van der Waals surface area contributed by atoms with Crippen LogP contribution in [0.3, 0.4) is 0 Å². The third-order valence-electron chi connectivity index (χ3n) is 10.1. The second-order valence-electron chi connectivity index (χ2n) is 13.4. The first kappa shape index (κ1) is 24.6. The molecule has 0 aliphatic rings. The summed E-state index contributed by atoms with van der Waals surface area (Å²) in [6.45, 7) is 0. The maximum atomic E-state index is 9.29. The number of nitrogens with zero attached hydrogens (tertiary/aromatic N) is 4. The molecule has 0 amide bonds. The van der Waals surface area contributed by atoms with Gasteiger partial charge in [-0.15, -0.1) is 0 Å². The fourth-order valence-corrected chi connectivity index (χ4v) is 7.52. The number of fused-ring (bicyclic) bond motifs is 6. The smallest absolute Gasteiger partial charge is 0.166 e. The Morgan fingerprint density at radius 1 is 0.411 bits per heavy atom. The monoisotopic (exact) mass is 724 g/mol. The SMILES string of the molecule is [2H]c1c([2H])c([2H])c2c(c1[2H])c1c([2H])c([2H])c([2H])c([2H])c1n2-c1ccc(-c2cccc3c2oc2ccccc23)cc1-c1nc(-c2ccccc2)nc(-c2cccc(-c3ccccc3)c2)n1. The van der Waals surface area contributed by atoms with E-state index in [2.05, 4.69) is 0 Å². The number of hydrogen-bond donors (Lipinski definition) is 0. The van der Waals surface area contributed by atoms with Crippen molar-refractivity contribution in [2.75, 3.05) is 0 Å². The van der Waals surface area contributed by atoms with E-state index in [-0.39, 0.29) is 27.6 Å². The molecule has 0 atom stereocenters. The van der Waals surface area contributed by atoms with Gasteiger partial charge in [-0.1, -0.05) is 158 Å². The Balaban J connectivity index is 1.27. The van der Waals surface area contributed by atoms with Crippen molar-refractivity contribution in [3.05, 3.63) is 194 Å². The minimum atomic E-state index is -0.522. The molecular weight excluding hydrogens is 685 g/mol. The van der Waals surface area contributed by atoms with Gasteiger partial charge < -0.3 is 8.98 Å². The zero-order valence-electron chi connectivity index (χ0n) is 37.6. The van der Waals surface area contributed by atoms with Gasteiger partial charge in [0.2, 0.25) is 0 Å². The maximum Gasteiger partial charge on any atom is 0.166 e. The van der Waals surface area contributed by atoms with Gasteiger partial charge in [0.05, 0.1) is 27.7 Å². The summed E-state index contributed by atoms with van der Waals surface area (Å²) in [5.74, 6) is 0.940. The normalized spacial score (nSPS) is 13.6. The Bertz CT molecular complexity index is 3640. The van der Waals surface area contributed by atoms with E-state index in [1.54, 1.807) is 6.07 Å². The van der Waals surface area contributed by atoms with Crippen molar-refractivity contribution in [1.29, 1.82) is 0 Å². The summed E-state index contributed by atoms with van der Waals surface area (Å²) < 4.78 is 79.6. The molecule has 5 heteroatoms. The predicted octanol–water partition coefficient (Wildman–Crippen LogP) is 13.2. The standard InChI is InChI=1S/C51H32N4O/c1-3-15-33(16-4-1)35-19-13-20-37(31-35)50-52-49(34-17-5-2-6-18-34)53-51(54-50)43-32-36(38-24-14-25-42-41-23-9-12-28-47(41)56-48(38)42)29-30-46(43)55-44-26-10-7-21-39(44)40-22-8-11-27-45(40)55/h1-32H/i7D,8D,10D,11D,21D,22D,26D,27D. The van der Waals surface area contributed by atoms with E-state index >= 15 is 0 Å². The first-order valence-electron chi connectivity index (χ1n) is 22.1. The molecule has 5 nitrogen and oxygen atoms in total. The fraction of sp³-hybridized carbons (Fsp3) is 0. The summed E-state index contributed by atoms with van der Waals surface area (Å²) in [4.78, 5) is 15.3. The lowest BCUT2D eigenvalue weighted by atomic mass is 9.98. The summed E-state index contributed by atoms with van der Waals surface area (Å²) in [5, 5.41) is 1.81. The highest BCUT2D eigenvalue weighted by Crippen LogP contribution is 2.41. The lowest BCUT2D eigenvalue weighted by Crippen LogP contribution is -2.04. The molecule has 0 aliphatic carbocycles. The highest BCUT2D eigenvalue weighted by molar-refractivity contribution is 6.11. The number of para-hydroxylation sites is 4. The van der Waals surface area contributed by atoms with Gasteiger partial charge in [-0.05, 0) is 53.0 Å². The average Bonchev–Trinajstić information content (AvgIpc) is 3.91. The van der Waals surface area contributed by atoms with Gasteiger partial charge in [-0.3, -0.25) is 0 Å². The minimum absolute atomic E-state index is 0.0190. The fourth-order valence-electron chi connectivity index (χ4n) is 7.52. The largest absolute Gasteiger partial charge is 0.455 e. The van der Waals surface area contributed by atoms with Crippen LogP contribution in [0.5, 0.6) is 0 Å². The Kier molecular flexibility index (Phi) is 5.74. The van der Waals surface area contributed by atoms with Gasteiger partial charge in [0, 0.05) is 43.8 Å². The number of furan rings is 1. The molecule has 3 aromatic heterocycles. The molecule has 0 spiro atoms. The third kappa shape index (κ3) is 5.29. The number of hydrogen-bond acceptors (Lipinski definition) is 4. The molecular formula is C51H32N4O. The van der Waals surface area contributed by atoms with E-state index in [4.69, 9.17) is 27.6 Å². The molecule has 56 heavy (non-hydrogen) atoms. The van der Waals surface area contributed by atoms with E-state index in [1.807, 2.05) is 140 Å². The third-order valence-corrected chi connectivity index (χ3v) is 10.1. The van der Waals surface area contributed by atoms with Gasteiger partial charge in [0.1, 0.15) is 11.2 Å². The second-order valence-corrected chi connectivity index (χ2v) is 13.4. The molecule has 0 radical (unpaired) electrons. The van der Waals surface area contributed by atoms with E-state index in [9.17, 15) is 2.74 Å². The summed E-state index contributed by atoms with van der Waals surface area (Å²) in [6, 6.07) is 42.9. The molecule has 0 saturated carbocycles.